The minimum absolute atomic E-state index is 0.468. The predicted molar refractivity (Wildman–Crippen MR) is 70.6 cm³/mol. The maximum absolute atomic E-state index is 9.89. The van der Waals surface area contributed by atoms with Gasteiger partial charge in [-0.2, -0.15) is 5.10 Å². The second-order valence-electron chi connectivity index (χ2n) is 4.66. The van der Waals surface area contributed by atoms with E-state index in [1.54, 1.807) is 6.20 Å². The Hall–Kier alpha value is -1.03. The van der Waals surface area contributed by atoms with Crippen LogP contribution in [0.5, 0.6) is 0 Å². The molecule has 0 bridgehead atoms. The Balaban J connectivity index is 2.05. The van der Waals surface area contributed by atoms with Gasteiger partial charge < -0.3 is 10.8 Å². The van der Waals surface area contributed by atoms with Gasteiger partial charge in [-0.15, -0.1) is 0 Å². The average Bonchev–Trinajstić information content (AvgIpc) is 2.74. The van der Waals surface area contributed by atoms with E-state index in [-0.39, 0.29) is 0 Å². The summed E-state index contributed by atoms with van der Waals surface area (Å²) in [5.74, 6) is 0.487. The highest BCUT2D eigenvalue weighted by Gasteiger charge is 2.11. The maximum atomic E-state index is 9.89. The summed E-state index contributed by atoms with van der Waals surface area (Å²) in [4.78, 5) is 0. The molecule has 1 atom stereocenters. The molecule has 0 saturated heterocycles. The van der Waals surface area contributed by atoms with Crippen LogP contribution in [0, 0.1) is 0 Å². The van der Waals surface area contributed by atoms with Crippen LogP contribution in [-0.4, -0.2) is 15.3 Å². The van der Waals surface area contributed by atoms with Crippen molar-refractivity contribution in [3.8, 4) is 0 Å². The number of aliphatic hydroxyl groups excluding tert-OH is 1. The van der Waals surface area contributed by atoms with Crippen molar-refractivity contribution >= 4 is 5.82 Å². The van der Waals surface area contributed by atoms with E-state index in [1.165, 1.54) is 38.5 Å². The van der Waals surface area contributed by atoms with Gasteiger partial charge in [0.15, 0.2) is 0 Å². The minimum Gasteiger partial charge on any atom is -0.388 e. The molecule has 17 heavy (non-hydrogen) atoms. The third-order valence-corrected chi connectivity index (χ3v) is 3.14. The number of anilines is 1. The summed E-state index contributed by atoms with van der Waals surface area (Å²) in [6.45, 7) is 2.23. The summed E-state index contributed by atoms with van der Waals surface area (Å²) >= 11 is 0. The third-order valence-electron chi connectivity index (χ3n) is 3.14. The van der Waals surface area contributed by atoms with Gasteiger partial charge in [0.2, 0.25) is 0 Å². The molecule has 1 aromatic heterocycles. The number of aromatic amines is 1. The van der Waals surface area contributed by atoms with Gasteiger partial charge in [-0.1, -0.05) is 51.9 Å². The lowest BCUT2D eigenvalue weighted by atomic mass is 10.0. The number of H-pyrrole nitrogens is 1. The molecule has 1 unspecified atom stereocenters. The van der Waals surface area contributed by atoms with E-state index in [0.717, 1.165) is 18.4 Å². The van der Waals surface area contributed by atoms with Crippen molar-refractivity contribution in [1.29, 1.82) is 0 Å². The molecule has 1 heterocycles. The molecule has 0 spiro atoms. The van der Waals surface area contributed by atoms with E-state index < -0.39 is 6.10 Å². The largest absolute Gasteiger partial charge is 0.388 e. The van der Waals surface area contributed by atoms with Gasteiger partial charge in [0.25, 0.3) is 0 Å². The molecular formula is C13H25N3O. The van der Waals surface area contributed by atoms with E-state index in [2.05, 4.69) is 17.1 Å². The zero-order valence-electron chi connectivity index (χ0n) is 10.8. The molecule has 0 fully saturated rings. The molecule has 0 amide bonds. The molecule has 4 N–H and O–H groups in total. The van der Waals surface area contributed by atoms with E-state index in [4.69, 9.17) is 5.73 Å². The molecule has 4 nitrogen and oxygen atoms in total. The average molecular weight is 239 g/mol. The number of nitrogens with two attached hydrogens (primary N) is 1. The Morgan fingerprint density at radius 1 is 1.24 bits per heavy atom. The monoisotopic (exact) mass is 239 g/mol. The summed E-state index contributed by atoms with van der Waals surface area (Å²) in [6.07, 6.45) is 10.7. The van der Waals surface area contributed by atoms with Crippen LogP contribution in [0.1, 0.15) is 70.0 Å². The van der Waals surface area contributed by atoms with Crippen LogP contribution in [0.25, 0.3) is 0 Å². The Kier molecular flexibility index (Phi) is 6.70. The molecule has 0 saturated carbocycles. The summed E-state index contributed by atoms with van der Waals surface area (Å²) in [5, 5.41) is 16.3. The number of aliphatic hydroxyl groups is 1. The van der Waals surface area contributed by atoms with Crippen LogP contribution in [0.3, 0.4) is 0 Å². The normalized spacial score (nSPS) is 12.8. The molecular weight excluding hydrogens is 214 g/mol. The minimum atomic E-state index is -0.468. The highest BCUT2D eigenvalue weighted by molar-refractivity contribution is 5.38. The van der Waals surface area contributed by atoms with Crippen LogP contribution in [-0.2, 0) is 0 Å². The number of nitrogens with zero attached hydrogens (tertiary/aromatic N) is 1. The molecule has 0 radical (unpaired) electrons. The van der Waals surface area contributed by atoms with Gasteiger partial charge in [0.05, 0.1) is 12.3 Å². The number of unbranched alkanes of at least 4 members (excludes halogenated alkanes) is 6. The third kappa shape index (κ3) is 5.22. The molecule has 0 aliphatic rings. The van der Waals surface area contributed by atoms with Gasteiger partial charge in [-0.05, 0) is 6.42 Å². The van der Waals surface area contributed by atoms with Crippen LogP contribution in [0.15, 0.2) is 6.20 Å². The number of hydrogen-bond donors (Lipinski definition) is 3. The molecule has 0 aliphatic carbocycles. The Morgan fingerprint density at radius 3 is 2.47 bits per heavy atom. The summed E-state index contributed by atoms with van der Waals surface area (Å²) in [6, 6.07) is 0. The lowest BCUT2D eigenvalue weighted by Gasteiger charge is -2.09. The number of rotatable bonds is 9. The number of nitrogen functional groups attached to an aromatic ring is 1. The highest BCUT2D eigenvalue weighted by Crippen LogP contribution is 2.23. The quantitative estimate of drug-likeness (QED) is 0.579. The standard InChI is InChI=1S/C13H25N3O/c1-2-3-4-5-6-7-8-9-12(17)11-10-15-16-13(11)14/h10,12,17H,2-9H2,1H3,(H3,14,15,16). The zero-order chi connectivity index (χ0) is 12.5. The van der Waals surface area contributed by atoms with E-state index in [0.29, 0.717) is 5.82 Å². The van der Waals surface area contributed by atoms with Gasteiger partial charge in [0, 0.05) is 5.56 Å². The van der Waals surface area contributed by atoms with Crippen LogP contribution >= 0.6 is 0 Å². The van der Waals surface area contributed by atoms with E-state index in [9.17, 15) is 5.11 Å². The molecule has 98 valence electrons. The van der Waals surface area contributed by atoms with Crippen molar-refractivity contribution in [2.45, 2.75) is 64.4 Å². The Bertz CT molecular complexity index is 299. The molecule has 1 rings (SSSR count). The van der Waals surface area contributed by atoms with Gasteiger partial charge in [-0.3, -0.25) is 5.10 Å². The smallest absolute Gasteiger partial charge is 0.124 e. The molecule has 1 aromatic rings. The van der Waals surface area contributed by atoms with Gasteiger partial charge >= 0.3 is 0 Å². The zero-order valence-corrected chi connectivity index (χ0v) is 10.8. The summed E-state index contributed by atoms with van der Waals surface area (Å²) in [7, 11) is 0. The maximum Gasteiger partial charge on any atom is 0.124 e. The fraction of sp³-hybridized carbons (Fsp3) is 0.769. The predicted octanol–water partition coefficient (Wildman–Crippen LogP) is 3.17. The van der Waals surface area contributed by atoms with Crippen LogP contribution in [0.4, 0.5) is 5.82 Å². The summed E-state index contributed by atoms with van der Waals surface area (Å²) < 4.78 is 0. The van der Waals surface area contributed by atoms with Gasteiger partial charge in [0.1, 0.15) is 5.82 Å². The van der Waals surface area contributed by atoms with Gasteiger partial charge in [-0.25, -0.2) is 0 Å². The summed E-state index contributed by atoms with van der Waals surface area (Å²) in [5.41, 5.74) is 6.38. The first-order chi connectivity index (χ1) is 8.25. The fourth-order valence-corrected chi connectivity index (χ4v) is 2.02. The van der Waals surface area contributed by atoms with Crippen molar-refractivity contribution in [1.82, 2.24) is 10.2 Å². The fourth-order valence-electron chi connectivity index (χ4n) is 2.02. The lowest BCUT2D eigenvalue weighted by molar-refractivity contribution is 0.164. The number of nitrogens with one attached hydrogen (secondary N) is 1. The molecule has 4 heteroatoms. The first-order valence-electron chi connectivity index (χ1n) is 6.72. The second-order valence-corrected chi connectivity index (χ2v) is 4.66. The van der Waals surface area contributed by atoms with E-state index in [1.807, 2.05) is 0 Å². The van der Waals surface area contributed by atoms with E-state index >= 15 is 0 Å². The first-order valence-corrected chi connectivity index (χ1v) is 6.72. The van der Waals surface area contributed by atoms with Crippen LogP contribution in [0.2, 0.25) is 0 Å². The van der Waals surface area contributed by atoms with Crippen molar-refractivity contribution < 1.29 is 5.11 Å². The van der Waals surface area contributed by atoms with Crippen molar-refractivity contribution in [3.63, 3.8) is 0 Å². The molecule has 0 aromatic carbocycles. The van der Waals surface area contributed by atoms with Crippen LogP contribution < -0.4 is 5.73 Å². The SMILES string of the molecule is CCCCCCCCCC(O)c1cn[nH]c1N. The topological polar surface area (TPSA) is 74.9 Å². The van der Waals surface area contributed by atoms with Crippen molar-refractivity contribution in [2.24, 2.45) is 0 Å². The Morgan fingerprint density at radius 2 is 1.88 bits per heavy atom. The highest BCUT2D eigenvalue weighted by atomic mass is 16.3. The van der Waals surface area contributed by atoms with Crippen molar-refractivity contribution in [3.05, 3.63) is 11.8 Å². The van der Waals surface area contributed by atoms with Crippen molar-refractivity contribution in [2.75, 3.05) is 5.73 Å². The second kappa shape index (κ2) is 8.12. The molecule has 0 aliphatic heterocycles. The number of aromatic nitrogens is 2. The lowest BCUT2D eigenvalue weighted by Crippen LogP contribution is -2.00. The Labute approximate surface area is 104 Å². The number of hydrogen-bond acceptors (Lipinski definition) is 3. The first kappa shape index (κ1) is 14.0.